The Morgan fingerprint density at radius 2 is 2.04 bits per heavy atom. The fourth-order valence-corrected chi connectivity index (χ4v) is 3.96. The highest BCUT2D eigenvalue weighted by atomic mass is 16.6. The number of likely N-dealkylation sites (tertiary alicyclic amines) is 1. The summed E-state index contributed by atoms with van der Waals surface area (Å²) in [7, 11) is 0. The Morgan fingerprint density at radius 3 is 2.69 bits per heavy atom. The Morgan fingerprint density at radius 1 is 1.35 bits per heavy atom. The van der Waals surface area contributed by atoms with Crippen molar-refractivity contribution in [2.75, 3.05) is 19.6 Å². The number of aromatic hydroxyl groups is 1. The Hall–Kier alpha value is -2.24. The van der Waals surface area contributed by atoms with Gasteiger partial charge in [0.05, 0.1) is 6.54 Å². The molecule has 2 fully saturated rings. The number of ether oxygens (including phenoxy) is 1. The maximum absolute atomic E-state index is 12.8. The first-order chi connectivity index (χ1) is 12.4. The third-order valence-electron chi connectivity index (χ3n) is 5.73. The number of carbonyl (C=O) groups excluding carboxylic acids is 2. The molecule has 2 heterocycles. The number of hydrogen-bond acceptors (Lipinski definition) is 4. The molecular weight excluding hydrogens is 332 g/mol. The highest BCUT2D eigenvalue weighted by Crippen LogP contribution is 2.35. The minimum atomic E-state index is -0.469. The molecule has 0 radical (unpaired) electrons. The van der Waals surface area contributed by atoms with E-state index in [1.165, 1.54) is 0 Å². The zero-order valence-corrected chi connectivity index (χ0v) is 15.8. The maximum Gasteiger partial charge on any atom is 0.410 e. The molecule has 26 heavy (non-hydrogen) atoms. The number of nitrogens with zero attached hydrogens (tertiary/aromatic N) is 2. The van der Waals surface area contributed by atoms with E-state index in [0.717, 1.165) is 12.8 Å². The third kappa shape index (κ3) is 3.37. The predicted molar refractivity (Wildman–Crippen MR) is 98.3 cm³/mol. The molecule has 1 aromatic rings. The number of amides is 2. The Balaban J connectivity index is 1.65. The maximum atomic E-state index is 12.8. The molecule has 6 heteroatoms. The van der Waals surface area contributed by atoms with Crippen molar-refractivity contribution < 1.29 is 19.4 Å². The molecule has 0 saturated carbocycles. The van der Waals surface area contributed by atoms with Crippen LogP contribution in [0.15, 0.2) is 18.2 Å². The summed E-state index contributed by atoms with van der Waals surface area (Å²) in [6.45, 7) is 7.64. The molecule has 1 N–H and O–H groups in total. The first-order valence-corrected chi connectivity index (χ1v) is 9.44. The second-order valence-corrected chi connectivity index (χ2v) is 7.56. The lowest BCUT2D eigenvalue weighted by Crippen LogP contribution is -2.49. The summed E-state index contributed by atoms with van der Waals surface area (Å²) in [4.78, 5) is 28.7. The highest BCUT2D eigenvalue weighted by Gasteiger charge is 2.48. The van der Waals surface area contributed by atoms with Gasteiger partial charge in [0.2, 0.25) is 0 Å². The summed E-state index contributed by atoms with van der Waals surface area (Å²) in [5, 5.41) is 9.84. The lowest BCUT2D eigenvalue weighted by molar-refractivity contribution is 0.00303. The van der Waals surface area contributed by atoms with Crippen LogP contribution in [0.4, 0.5) is 4.79 Å². The fourth-order valence-electron chi connectivity index (χ4n) is 3.96. The van der Waals surface area contributed by atoms with Gasteiger partial charge >= 0.3 is 6.09 Å². The van der Waals surface area contributed by atoms with Gasteiger partial charge < -0.3 is 19.6 Å². The minimum Gasteiger partial charge on any atom is -0.508 e. The van der Waals surface area contributed by atoms with Crippen molar-refractivity contribution >= 4 is 12.0 Å². The largest absolute Gasteiger partial charge is 0.508 e. The average Bonchev–Trinajstić information content (AvgIpc) is 2.94. The van der Waals surface area contributed by atoms with Crippen LogP contribution in [0.1, 0.15) is 55.5 Å². The number of rotatable bonds is 4. The topological polar surface area (TPSA) is 70.1 Å². The summed E-state index contributed by atoms with van der Waals surface area (Å²) in [6, 6.07) is 5.20. The molecule has 1 aromatic carbocycles. The van der Waals surface area contributed by atoms with Crippen molar-refractivity contribution in [2.45, 2.75) is 58.1 Å². The van der Waals surface area contributed by atoms with E-state index >= 15 is 0 Å². The number of benzene rings is 1. The number of piperidine rings is 1. The smallest absolute Gasteiger partial charge is 0.410 e. The van der Waals surface area contributed by atoms with E-state index in [1.807, 2.05) is 4.90 Å². The van der Waals surface area contributed by atoms with Crippen molar-refractivity contribution in [1.29, 1.82) is 0 Å². The molecular formula is C20H28N2O4. The standard InChI is InChI=1S/C20H28N2O4/c1-4-6-14(2)22-13-20(26-19(22)25)9-11-21(12-10-20)18(24)16-7-5-8-17(23)15(16)3/h5,7-8,14,23H,4,6,9-13H2,1-3H3. The molecule has 2 amide bonds. The van der Waals surface area contributed by atoms with Crippen molar-refractivity contribution in [3.05, 3.63) is 29.3 Å². The molecule has 2 saturated heterocycles. The molecule has 0 aliphatic carbocycles. The zero-order chi connectivity index (χ0) is 18.9. The molecule has 1 unspecified atom stereocenters. The van der Waals surface area contributed by atoms with Crippen molar-refractivity contribution in [3.63, 3.8) is 0 Å². The molecule has 2 aliphatic heterocycles. The van der Waals surface area contributed by atoms with Crippen LogP contribution in [0.5, 0.6) is 5.75 Å². The Kier molecular flexibility index (Phi) is 5.12. The molecule has 1 atom stereocenters. The minimum absolute atomic E-state index is 0.0752. The van der Waals surface area contributed by atoms with E-state index in [0.29, 0.717) is 43.6 Å². The van der Waals surface area contributed by atoms with E-state index in [4.69, 9.17) is 4.74 Å². The fraction of sp³-hybridized carbons (Fsp3) is 0.600. The van der Waals surface area contributed by atoms with Crippen LogP contribution in [0.25, 0.3) is 0 Å². The Bertz CT molecular complexity index is 695. The quantitative estimate of drug-likeness (QED) is 0.894. The molecule has 2 aliphatic rings. The summed E-state index contributed by atoms with van der Waals surface area (Å²) < 4.78 is 5.76. The van der Waals surface area contributed by atoms with E-state index in [2.05, 4.69) is 13.8 Å². The molecule has 0 aromatic heterocycles. The van der Waals surface area contributed by atoms with Crippen molar-refractivity contribution in [1.82, 2.24) is 9.80 Å². The molecule has 0 bridgehead atoms. The van der Waals surface area contributed by atoms with Crippen LogP contribution in [0.3, 0.4) is 0 Å². The van der Waals surface area contributed by atoms with E-state index in [1.54, 1.807) is 30.0 Å². The summed E-state index contributed by atoms with van der Waals surface area (Å²) in [6.07, 6.45) is 3.07. The number of hydrogen-bond donors (Lipinski definition) is 1. The van der Waals surface area contributed by atoms with Crippen LogP contribution in [0, 0.1) is 6.92 Å². The van der Waals surface area contributed by atoms with E-state index < -0.39 is 5.60 Å². The van der Waals surface area contributed by atoms with Gasteiger partial charge in [-0.25, -0.2) is 4.79 Å². The predicted octanol–water partition coefficient (Wildman–Crippen LogP) is 3.32. The van der Waals surface area contributed by atoms with Crippen LogP contribution in [-0.4, -0.2) is 58.2 Å². The molecule has 3 rings (SSSR count). The first kappa shape index (κ1) is 18.5. The van der Waals surface area contributed by atoms with Gasteiger partial charge in [-0.2, -0.15) is 0 Å². The van der Waals surface area contributed by atoms with E-state index in [9.17, 15) is 14.7 Å². The van der Waals surface area contributed by atoms with Gasteiger partial charge in [-0.05, 0) is 32.4 Å². The Labute approximate surface area is 154 Å². The number of carbonyl (C=O) groups is 2. The van der Waals surface area contributed by atoms with Crippen LogP contribution < -0.4 is 0 Å². The molecule has 142 valence electrons. The van der Waals surface area contributed by atoms with Gasteiger partial charge in [-0.1, -0.05) is 19.4 Å². The van der Waals surface area contributed by atoms with Crippen LogP contribution in [0.2, 0.25) is 0 Å². The van der Waals surface area contributed by atoms with Crippen molar-refractivity contribution in [2.24, 2.45) is 0 Å². The van der Waals surface area contributed by atoms with Gasteiger partial charge in [0.25, 0.3) is 5.91 Å². The van der Waals surface area contributed by atoms with Crippen molar-refractivity contribution in [3.8, 4) is 5.75 Å². The summed E-state index contributed by atoms with van der Waals surface area (Å²) >= 11 is 0. The van der Waals surface area contributed by atoms with Gasteiger partial charge in [0.1, 0.15) is 11.4 Å². The van der Waals surface area contributed by atoms with Crippen LogP contribution in [-0.2, 0) is 4.74 Å². The van der Waals surface area contributed by atoms with E-state index in [-0.39, 0.29) is 23.8 Å². The van der Waals surface area contributed by atoms with Crippen LogP contribution >= 0.6 is 0 Å². The normalized spacial score (nSPS) is 20.3. The average molecular weight is 360 g/mol. The molecule has 6 nitrogen and oxygen atoms in total. The van der Waals surface area contributed by atoms with Gasteiger partial charge in [-0.3, -0.25) is 4.79 Å². The second kappa shape index (κ2) is 7.17. The van der Waals surface area contributed by atoms with Gasteiger partial charge in [-0.15, -0.1) is 0 Å². The highest BCUT2D eigenvalue weighted by molar-refractivity contribution is 5.96. The lowest BCUT2D eigenvalue weighted by atomic mass is 9.90. The lowest BCUT2D eigenvalue weighted by Gasteiger charge is -2.37. The zero-order valence-electron chi connectivity index (χ0n) is 15.8. The SMILES string of the molecule is CCCC(C)N1CC2(CCN(C(=O)c3cccc(O)c3C)CC2)OC1=O. The third-order valence-corrected chi connectivity index (χ3v) is 5.73. The van der Waals surface area contributed by atoms with Gasteiger partial charge in [0.15, 0.2) is 0 Å². The monoisotopic (exact) mass is 360 g/mol. The first-order valence-electron chi connectivity index (χ1n) is 9.44. The number of phenols is 1. The summed E-state index contributed by atoms with van der Waals surface area (Å²) in [5.41, 5.74) is 0.663. The second-order valence-electron chi connectivity index (χ2n) is 7.56. The number of phenolic OH excluding ortho intramolecular Hbond substituents is 1. The summed E-state index contributed by atoms with van der Waals surface area (Å²) in [5.74, 6) is 0.0587. The van der Waals surface area contributed by atoms with Gasteiger partial charge in [0, 0.05) is 43.1 Å². The molecule has 1 spiro atoms.